The number of piperidine rings is 1. The summed E-state index contributed by atoms with van der Waals surface area (Å²) in [5.41, 5.74) is 5.95. The number of rotatable bonds is 3. The van der Waals surface area contributed by atoms with Crippen molar-refractivity contribution in [2.45, 2.75) is 24.3 Å². The van der Waals surface area contributed by atoms with Gasteiger partial charge in [0.05, 0.1) is 11.6 Å². The van der Waals surface area contributed by atoms with Crippen LogP contribution in [0.5, 0.6) is 5.75 Å². The molecule has 1 aromatic carbocycles. The molecule has 0 spiro atoms. The van der Waals surface area contributed by atoms with Gasteiger partial charge in [-0.2, -0.15) is 4.31 Å². The van der Waals surface area contributed by atoms with Gasteiger partial charge in [0.15, 0.2) is 5.75 Å². The summed E-state index contributed by atoms with van der Waals surface area (Å²) in [6.07, 6.45) is 0.822. The molecule has 118 valence electrons. The summed E-state index contributed by atoms with van der Waals surface area (Å²) in [7, 11) is -2.27. The summed E-state index contributed by atoms with van der Waals surface area (Å²) in [5, 5.41) is 0.329. The monoisotopic (exact) mass is 396 g/mol. The zero-order chi connectivity index (χ0) is 15.8. The Balaban J connectivity index is 2.49. The van der Waals surface area contributed by atoms with Crippen LogP contribution in [0.1, 0.15) is 13.3 Å². The molecule has 1 fully saturated rings. The van der Waals surface area contributed by atoms with E-state index in [1.54, 1.807) is 6.07 Å². The number of hydrogen-bond donors (Lipinski definition) is 1. The Morgan fingerprint density at radius 1 is 1.43 bits per heavy atom. The Kier molecular flexibility index (Phi) is 5.20. The Labute approximate surface area is 138 Å². The molecule has 0 saturated carbocycles. The van der Waals surface area contributed by atoms with Gasteiger partial charge in [0.1, 0.15) is 4.90 Å². The van der Waals surface area contributed by atoms with E-state index >= 15 is 0 Å². The lowest BCUT2D eigenvalue weighted by molar-refractivity contribution is 0.253. The number of ether oxygens (including phenoxy) is 1. The molecule has 1 aliphatic heterocycles. The van der Waals surface area contributed by atoms with E-state index in [-0.39, 0.29) is 22.6 Å². The molecule has 2 unspecified atom stereocenters. The molecular formula is C13H18BrClN2O3S. The second-order valence-electron chi connectivity index (χ2n) is 5.34. The minimum Gasteiger partial charge on any atom is -0.494 e. The molecule has 2 N–H and O–H groups in total. The molecule has 5 nitrogen and oxygen atoms in total. The van der Waals surface area contributed by atoms with Crippen LogP contribution in [0, 0.1) is 5.92 Å². The third kappa shape index (κ3) is 3.53. The second-order valence-corrected chi connectivity index (χ2v) is 8.54. The smallest absolute Gasteiger partial charge is 0.246 e. The lowest BCUT2D eigenvalue weighted by Gasteiger charge is -2.34. The largest absolute Gasteiger partial charge is 0.494 e. The fraction of sp³-hybridized carbons (Fsp3) is 0.538. The minimum atomic E-state index is -3.70. The predicted molar refractivity (Wildman–Crippen MR) is 86.2 cm³/mol. The topological polar surface area (TPSA) is 72.6 Å². The van der Waals surface area contributed by atoms with Crippen LogP contribution >= 0.6 is 27.5 Å². The minimum absolute atomic E-state index is 0.0608. The molecule has 2 atom stereocenters. The van der Waals surface area contributed by atoms with Crippen LogP contribution in [0.4, 0.5) is 0 Å². The molecule has 2 rings (SSSR count). The van der Waals surface area contributed by atoms with Gasteiger partial charge in [-0.15, -0.1) is 0 Å². The molecule has 0 amide bonds. The van der Waals surface area contributed by atoms with Crippen molar-refractivity contribution in [1.82, 2.24) is 4.31 Å². The van der Waals surface area contributed by atoms with Crippen LogP contribution in [0.2, 0.25) is 5.02 Å². The Morgan fingerprint density at radius 3 is 2.67 bits per heavy atom. The van der Waals surface area contributed by atoms with E-state index in [1.807, 2.05) is 6.92 Å². The van der Waals surface area contributed by atoms with Crippen LogP contribution < -0.4 is 10.5 Å². The maximum Gasteiger partial charge on any atom is 0.246 e. The first-order chi connectivity index (χ1) is 9.75. The number of benzene rings is 1. The van der Waals surface area contributed by atoms with E-state index in [0.29, 0.717) is 22.6 Å². The standard InChI is InChI=1S/C13H18BrClN2O3S/c1-8-3-10(16)7-17(6-8)21(18,19)12-5-9(15)4-11(14)13(12)20-2/h4-5,8,10H,3,6-7,16H2,1-2H3. The number of sulfonamides is 1. The molecule has 0 aliphatic carbocycles. The van der Waals surface area contributed by atoms with E-state index in [9.17, 15) is 8.42 Å². The van der Waals surface area contributed by atoms with Crippen molar-refractivity contribution in [3.8, 4) is 5.75 Å². The third-order valence-electron chi connectivity index (χ3n) is 3.45. The van der Waals surface area contributed by atoms with Crippen molar-refractivity contribution < 1.29 is 13.2 Å². The number of nitrogens with zero attached hydrogens (tertiary/aromatic N) is 1. The van der Waals surface area contributed by atoms with Gasteiger partial charge in [-0.25, -0.2) is 8.42 Å². The van der Waals surface area contributed by atoms with E-state index in [0.717, 1.165) is 6.42 Å². The Bertz CT molecular complexity index is 629. The van der Waals surface area contributed by atoms with Crippen molar-refractivity contribution >= 4 is 37.6 Å². The third-order valence-corrected chi connectivity index (χ3v) is 6.10. The second kappa shape index (κ2) is 6.42. The van der Waals surface area contributed by atoms with Crippen LogP contribution in [0.25, 0.3) is 0 Å². The van der Waals surface area contributed by atoms with Crippen molar-refractivity contribution in [2.75, 3.05) is 20.2 Å². The molecule has 0 bridgehead atoms. The van der Waals surface area contributed by atoms with Crippen molar-refractivity contribution in [3.05, 3.63) is 21.6 Å². The van der Waals surface area contributed by atoms with E-state index < -0.39 is 10.0 Å². The maximum absolute atomic E-state index is 12.9. The lowest BCUT2D eigenvalue weighted by Crippen LogP contribution is -2.48. The average Bonchev–Trinajstić information content (AvgIpc) is 2.36. The number of halogens is 2. The number of methoxy groups -OCH3 is 1. The van der Waals surface area contributed by atoms with Crippen molar-refractivity contribution in [2.24, 2.45) is 11.7 Å². The summed E-state index contributed by atoms with van der Waals surface area (Å²) < 4.78 is 32.9. The number of hydrogen-bond acceptors (Lipinski definition) is 4. The maximum atomic E-state index is 12.9. The summed E-state index contributed by atoms with van der Waals surface area (Å²) in [6, 6.07) is 2.85. The van der Waals surface area contributed by atoms with Gasteiger partial charge in [-0.05, 0) is 40.4 Å². The molecular weight excluding hydrogens is 380 g/mol. The molecule has 1 aliphatic rings. The van der Waals surface area contributed by atoms with E-state index in [1.165, 1.54) is 17.5 Å². The highest BCUT2D eigenvalue weighted by molar-refractivity contribution is 9.10. The van der Waals surface area contributed by atoms with Crippen molar-refractivity contribution in [1.29, 1.82) is 0 Å². The molecule has 1 saturated heterocycles. The fourth-order valence-electron chi connectivity index (χ4n) is 2.61. The highest BCUT2D eigenvalue weighted by atomic mass is 79.9. The lowest BCUT2D eigenvalue weighted by atomic mass is 9.99. The number of nitrogens with two attached hydrogens (primary N) is 1. The van der Waals surface area contributed by atoms with Crippen LogP contribution in [-0.2, 0) is 10.0 Å². The molecule has 8 heteroatoms. The van der Waals surface area contributed by atoms with Crippen LogP contribution in [-0.4, -0.2) is 39.0 Å². The molecule has 1 aromatic rings. The first-order valence-corrected chi connectivity index (χ1v) is 9.15. The van der Waals surface area contributed by atoms with Gasteiger partial charge < -0.3 is 10.5 Å². The highest BCUT2D eigenvalue weighted by Gasteiger charge is 2.34. The summed E-state index contributed by atoms with van der Waals surface area (Å²) in [4.78, 5) is 0.0608. The molecule has 0 radical (unpaired) electrons. The quantitative estimate of drug-likeness (QED) is 0.850. The Morgan fingerprint density at radius 2 is 2.10 bits per heavy atom. The van der Waals surface area contributed by atoms with Crippen LogP contribution in [0.3, 0.4) is 0 Å². The van der Waals surface area contributed by atoms with Gasteiger partial charge >= 0.3 is 0 Å². The van der Waals surface area contributed by atoms with Crippen LogP contribution in [0.15, 0.2) is 21.5 Å². The predicted octanol–water partition coefficient (Wildman–Crippen LogP) is 2.47. The molecule has 1 heterocycles. The average molecular weight is 398 g/mol. The summed E-state index contributed by atoms with van der Waals surface area (Å²) in [5.74, 6) is 0.475. The first-order valence-electron chi connectivity index (χ1n) is 6.54. The fourth-order valence-corrected chi connectivity index (χ4v) is 5.60. The molecule has 0 aromatic heterocycles. The summed E-state index contributed by atoms with van der Waals surface area (Å²) >= 11 is 9.27. The van der Waals surface area contributed by atoms with Gasteiger partial charge in [0.25, 0.3) is 0 Å². The van der Waals surface area contributed by atoms with E-state index in [2.05, 4.69) is 15.9 Å². The SMILES string of the molecule is COc1c(Br)cc(Cl)cc1S(=O)(=O)N1CC(C)CC(N)C1. The summed E-state index contributed by atoms with van der Waals surface area (Å²) in [6.45, 7) is 2.75. The first kappa shape index (κ1) is 17.0. The highest BCUT2D eigenvalue weighted by Crippen LogP contribution is 2.37. The van der Waals surface area contributed by atoms with Gasteiger partial charge in [-0.3, -0.25) is 0 Å². The van der Waals surface area contributed by atoms with Gasteiger partial charge in [0.2, 0.25) is 10.0 Å². The molecule has 21 heavy (non-hydrogen) atoms. The van der Waals surface area contributed by atoms with Gasteiger partial charge in [0, 0.05) is 24.2 Å². The normalized spacial score (nSPS) is 24.0. The van der Waals surface area contributed by atoms with Gasteiger partial charge in [-0.1, -0.05) is 18.5 Å². The zero-order valence-electron chi connectivity index (χ0n) is 11.8. The van der Waals surface area contributed by atoms with Crippen molar-refractivity contribution in [3.63, 3.8) is 0 Å². The Hall–Kier alpha value is -0.340. The van der Waals surface area contributed by atoms with E-state index in [4.69, 9.17) is 22.1 Å². The zero-order valence-corrected chi connectivity index (χ0v) is 15.0.